The summed E-state index contributed by atoms with van der Waals surface area (Å²) in [6.07, 6.45) is 1.67. The van der Waals surface area contributed by atoms with E-state index in [9.17, 15) is 14.7 Å². The summed E-state index contributed by atoms with van der Waals surface area (Å²) in [5, 5.41) is 19.7. The zero-order valence-corrected chi connectivity index (χ0v) is 15.2. The summed E-state index contributed by atoms with van der Waals surface area (Å²) in [7, 11) is 0. The maximum atomic E-state index is 12.0. The standard InChI is InChI=1S/C16H17BrN2O4S/c17-10-1-2-11-12(8-19(9-14(20)21)13(11)7-10)15(16(22)23)18-3-5-24-6-4-18/h1-2,7-8,15H,3-6,9H2,(H,20,21)(H,22,23)/t15-/m0/s1. The third-order valence-corrected chi connectivity index (χ3v) is 5.56. The van der Waals surface area contributed by atoms with E-state index in [1.807, 2.05) is 34.9 Å². The lowest BCUT2D eigenvalue weighted by Crippen LogP contribution is -2.39. The molecule has 1 aromatic heterocycles. The van der Waals surface area contributed by atoms with Gasteiger partial charge in [0.25, 0.3) is 0 Å². The molecule has 1 atom stereocenters. The van der Waals surface area contributed by atoms with E-state index in [2.05, 4.69) is 15.9 Å². The van der Waals surface area contributed by atoms with Crippen molar-refractivity contribution in [2.24, 2.45) is 0 Å². The van der Waals surface area contributed by atoms with Crippen LogP contribution in [0.4, 0.5) is 0 Å². The average Bonchev–Trinajstić information content (AvgIpc) is 2.85. The maximum Gasteiger partial charge on any atom is 0.325 e. The third kappa shape index (κ3) is 3.45. The molecule has 128 valence electrons. The fraction of sp³-hybridized carbons (Fsp3) is 0.375. The molecule has 1 aliphatic heterocycles. The maximum absolute atomic E-state index is 12.0. The Kier molecular flexibility index (Phi) is 5.17. The van der Waals surface area contributed by atoms with E-state index in [1.54, 1.807) is 10.8 Å². The van der Waals surface area contributed by atoms with Gasteiger partial charge in [-0.2, -0.15) is 11.8 Å². The number of carboxylic acids is 2. The van der Waals surface area contributed by atoms with E-state index in [1.165, 1.54) is 0 Å². The van der Waals surface area contributed by atoms with Crippen LogP contribution in [0, 0.1) is 0 Å². The first-order chi connectivity index (χ1) is 11.5. The molecule has 1 aromatic carbocycles. The van der Waals surface area contributed by atoms with Gasteiger partial charge in [-0.3, -0.25) is 14.5 Å². The predicted octanol–water partition coefficient (Wildman–Crippen LogP) is 2.66. The van der Waals surface area contributed by atoms with Crippen LogP contribution in [-0.2, 0) is 16.1 Å². The number of benzene rings is 1. The molecule has 0 spiro atoms. The summed E-state index contributed by atoms with van der Waals surface area (Å²) in [5.74, 6) is -0.0505. The fourth-order valence-electron chi connectivity index (χ4n) is 3.11. The van der Waals surface area contributed by atoms with Gasteiger partial charge in [0.1, 0.15) is 12.6 Å². The number of halogens is 1. The molecule has 8 heteroatoms. The first kappa shape index (κ1) is 17.3. The summed E-state index contributed by atoms with van der Waals surface area (Å²) >= 11 is 5.21. The molecule has 1 aliphatic rings. The Labute approximate surface area is 151 Å². The van der Waals surface area contributed by atoms with Crippen LogP contribution in [-0.4, -0.2) is 56.2 Å². The predicted molar refractivity (Wildman–Crippen MR) is 96.5 cm³/mol. The van der Waals surface area contributed by atoms with Crippen LogP contribution >= 0.6 is 27.7 Å². The molecule has 0 radical (unpaired) electrons. The van der Waals surface area contributed by atoms with Crippen molar-refractivity contribution in [1.82, 2.24) is 9.47 Å². The SMILES string of the molecule is O=C(O)Cn1cc([C@@H](C(=O)O)N2CCSCC2)c2ccc(Br)cc21. The highest BCUT2D eigenvalue weighted by molar-refractivity contribution is 9.10. The Balaban J connectivity index is 2.12. The highest BCUT2D eigenvalue weighted by Gasteiger charge is 2.31. The molecule has 2 N–H and O–H groups in total. The monoisotopic (exact) mass is 412 g/mol. The topological polar surface area (TPSA) is 82.8 Å². The van der Waals surface area contributed by atoms with Crippen molar-refractivity contribution in [3.8, 4) is 0 Å². The molecule has 2 aromatic rings. The average molecular weight is 413 g/mol. The molecule has 3 rings (SSSR count). The summed E-state index contributed by atoms with van der Waals surface area (Å²) < 4.78 is 2.43. The van der Waals surface area contributed by atoms with Gasteiger partial charge in [-0.15, -0.1) is 0 Å². The van der Waals surface area contributed by atoms with Crippen molar-refractivity contribution >= 4 is 50.5 Å². The zero-order valence-electron chi connectivity index (χ0n) is 12.8. The molecule has 6 nitrogen and oxygen atoms in total. The van der Waals surface area contributed by atoms with Gasteiger partial charge in [0.2, 0.25) is 0 Å². The number of rotatable bonds is 5. The molecular formula is C16H17BrN2O4S. The van der Waals surface area contributed by atoms with Crippen LogP contribution in [0.3, 0.4) is 0 Å². The van der Waals surface area contributed by atoms with Crippen LogP contribution in [0.2, 0.25) is 0 Å². The van der Waals surface area contributed by atoms with Gasteiger partial charge in [-0.05, 0) is 12.1 Å². The number of carboxylic acid groups (broad SMARTS) is 2. The van der Waals surface area contributed by atoms with Gasteiger partial charge in [0.15, 0.2) is 0 Å². The lowest BCUT2D eigenvalue weighted by Gasteiger charge is -2.31. The van der Waals surface area contributed by atoms with Gasteiger partial charge < -0.3 is 14.8 Å². The minimum absolute atomic E-state index is 0.199. The Morgan fingerprint density at radius 2 is 1.96 bits per heavy atom. The normalized spacial score (nSPS) is 17.0. The van der Waals surface area contributed by atoms with Crippen LogP contribution < -0.4 is 0 Å². The minimum Gasteiger partial charge on any atom is -0.480 e. The molecule has 0 unspecified atom stereocenters. The molecule has 1 saturated heterocycles. The van der Waals surface area contributed by atoms with Crippen LogP contribution in [0.15, 0.2) is 28.9 Å². The highest BCUT2D eigenvalue weighted by Crippen LogP contribution is 2.33. The van der Waals surface area contributed by atoms with Crippen molar-refractivity contribution in [2.75, 3.05) is 24.6 Å². The summed E-state index contributed by atoms with van der Waals surface area (Å²) in [6, 6.07) is 4.76. The van der Waals surface area contributed by atoms with E-state index in [0.717, 1.165) is 26.9 Å². The smallest absolute Gasteiger partial charge is 0.325 e. The first-order valence-electron chi connectivity index (χ1n) is 7.52. The van der Waals surface area contributed by atoms with Crippen LogP contribution in [0.25, 0.3) is 10.9 Å². The number of thioether (sulfide) groups is 1. The van der Waals surface area contributed by atoms with E-state index in [4.69, 9.17) is 5.11 Å². The quantitative estimate of drug-likeness (QED) is 0.785. The molecular weight excluding hydrogens is 396 g/mol. The lowest BCUT2D eigenvalue weighted by molar-refractivity contribution is -0.143. The number of nitrogens with zero attached hydrogens (tertiary/aromatic N) is 2. The number of carbonyl (C=O) groups is 2. The van der Waals surface area contributed by atoms with Gasteiger partial charge in [-0.1, -0.05) is 22.0 Å². The molecule has 2 heterocycles. The molecule has 1 fully saturated rings. The minimum atomic E-state index is -0.959. The third-order valence-electron chi connectivity index (χ3n) is 4.12. The second-order valence-electron chi connectivity index (χ2n) is 5.66. The Morgan fingerprint density at radius 3 is 2.58 bits per heavy atom. The zero-order chi connectivity index (χ0) is 17.3. The summed E-state index contributed by atoms with van der Waals surface area (Å²) in [5.41, 5.74) is 1.37. The molecule has 0 saturated carbocycles. The molecule has 0 aliphatic carbocycles. The number of hydrogen-bond acceptors (Lipinski definition) is 4. The van der Waals surface area contributed by atoms with Crippen molar-refractivity contribution in [1.29, 1.82) is 0 Å². The summed E-state index contributed by atoms with van der Waals surface area (Å²) in [6.45, 7) is 1.22. The molecule has 0 amide bonds. The van der Waals surface area contributed by atoms with Crippen molar-refractivity contribution < 1.29 is 19.8 Å². The van der Waals surface area contributed by atoms with Crippen LogP contribution in [0.1, 0.15) is 11.6 Å². The number of fused-ring (bicyclic) bond motifs is 1. The van der Waals surface area contributed by atoms with E-state index in [0.29, 0.717) is 18.7 Å². The van der Waals surface area contributed by atoms with Gasteiger partial charge in [0, 0.05) is 46.2 Å². The Bertz CT molecular complexity index is 786. The molecule has 0 bridgehead atoms. The van der Waals surface area contributed by atoms with Crippen molar-refractivity contribution in [3.63, 3.8) is 0 Å². The second kappa shape index (κ2) is 7.16. The Hall–Kier alpha value is -1.51. The summed E-state index contributed by atoms with van der Waals surface area (Å²) in [4.78, 5) is 25.1. The largest absolute Gasteiger partial charge is 0.480 e. The van der Waals surface area contributed by atoms with Crippen LogP contribution in [0.5, 0.6) is 0 Å². The van der Waals surface area contributed by atoms with Gasteiger partial charge in [-0.25, -0.2) is 0 Å². The first-order valence-corrected chi connectivity index (χ1v) is 9.47. The number of aromatic nitrogens is 1. The Morgan fingerprint density at radius 1 is 1.25 bits per heavy atom. The highest BCUT2D eigenvalue weighted by atomic mass is 79.9. The van der Waals surface area contributed by atoms with Gasteiger partial charge >= 0.3 is 11.9 Å². The van der Waals surface area contributed by atoms with Gasteiger partial charge in [0.05, 0.1) is 5.52 Å². The number of hydrogen-bond donors (Lipinski definition) is 2. The van der Waals surface area contributed by atoms with Crippen molar-refractivity contribution in [3.05, 3.63) is 34.4 Å². The number of aliphatic carboxylic acids is 2. The molecule has 24 heavy (non-hydrogen) atoms. The van der Waals surface area contributed by atoms with E-state index in [-0.39, 0.29) is 6.54 Å². The van der Waals surface area contributed by atoms with Crippen molar-refractivity contribution in [2.45, 2.75) is 12.6 Å². The van der Waals surface area contributed by atoms with E-state index >= 15 is 0 Å². The second-order valence-corrected chi connectivity index (χ2v) is 7.80. The van der Waals surface area contributed by atoms with E-state index < -0.39 is 18.0 Å². The fourth-order valence-corrected chi connectivity index (χ4v) is 4.39. The lowest BCUT2D eigenvalue weighted by atomic mass is 10.0.